The van der Waals surface area contributed by atoms with Crippen LogP contribution in [0, 0.1) is 16.0 Å². The average Bonchev–Trinajstić information content (AvgIpc) is 2.38. The molecule has 1 atom stereocenters. The number of nitrogens with zero attached hydrogens (tertiary/aromatic N) is 2. The first-order valence-electron chi connectivity index (χ1n) is 6.46. The molecule has 0 aromatic heterocycles. The molecule has 2 rings (SSSR count). The van der Waals surface area contributed by atoms with Gasteiger partial charge in [-0.05, 0) is 31.7 Å². The molecule has 1 heterocycles. The first-order valence-corrected chi connectivity index (χ1v) is 6.46. The number of nitrogens with two attached hydrogens (primary N) is 1. The van der Waals surface area contributed by atoms with Gasteiger partial charge in [-0.15, -0.1) is 0 Å². The van der Waals surface area contributed by atoms with E-state index in [1.54, 1.807) is 6.07 Å². The molecule has 0 aliphatic carbocycles. The number of non-ortho nitro benzene ring substituents is 1. The van der Waals surface area contributed by atoms with Crippen molar-refractivity contribution in [1.82, 2.24) is 0 Å². The Bertz CT molecular complexity index is 468. The van der Waals surface area contributed by atoms with E-state index in [9.17, 15) is 15.2 Å². The Morgan fingerprint density at radius 2 is 2.11 bits per heavy atom. The van der Waals surface area contributed by atoms with E-state index in [2.05, 4.69) is 4.90 Å². The van der Waals surface area contributed by atoms with Crippen LogP contribution in [0.2, 0.25) is 0 Å². The predicted octanol–water partition coefficient (Wildman–Crippen LogP) is 1.77. The van der Waals surface area contributed by atoms with Gasteiger partial charge in [-0.2, -0.15) is 0 Å². The number of benzene rings is 1. The Kier molecular flexibility index (Phi) is 3.90. The SMILES string of the molecule is CC(O)C1CCN(c2ccc([N+](=O)[O-])cc2N)CC1. The lowest BCUT2D eigenvalue weighted by atomic mass is 9.92. The summed E-state index contributed by atoms with van der Waals surface area (Å²) < 4.78 is 0. The number of hydrogen-bond acceptors (Lipinski definition) is 5. The molecule has 19 heavy (non-hydrogen) atoms. The van der Waals surface area contributed by atoms with Crippen molar-refractivity contribution in [2.24, 2.45) is 5.92 Å². The smallest absolute Gasteiger partial charge is 0.271 e. The molecule has 0 bridgehead atoms. The molecular formula is C13H19N3O3. The van der Waals surface area contributed by atoms with E-state index in [4.69, 9.17) is 5.73 Å². The minimum Gasteiger partial charge on any atom is -0.397 e. The van der Waals surface area contributed by atoms with Crippen LogP contribution in [0.1, 0.15) is 19.8 Å². The van der Waals surface area contributed by atoms with Crippen LogP contribution in [0.3, 0.4) is 0 Å². The third kappa shape index (κ3) is 2.96. The molecule has 104 valence electrons. The molecule has 3 N–H and O–H groups in total. The van der Waals surface area contributed by atoms with Gasteiger partial charge in [0, 0.05) is 25.2 Å². The van der Waals surface area contributed by atoms with Crippen LogP contribution in [-0.2, 0) is 0 Å². The molecule has 6 heteroatoms. The summed E-state index contributed by atoms with van der Waals surface area (Å²) in [5.74, 6) is 0.329. The van der Waals surface area contributed by atoms with Gasteiger partial charge in [-0.3, -0.25) is 10.1 Å². The number of nitro groups is 1. The van der Waals surface area contributed by atoms with Crippen molar-refractivity contribution in [1.29, 1.82) is 0 Å². The maximum Gasteiger partial charge on any atom is 0.271 e. The lowest BCUT2D eigenvalue weighted by Crippen LogP contribution is -2.37. The molecular weight excluding hydrogens is 246 g/mol. The molecule has 0 saturated carbocycles. The first kappa shape index (κ1) is 13.6. The third-order valence-electron chi connectivity index (χ3n) is 3.78. The summed E-state index contributed by atoms with van der Waals surface area (Å²) in [6.45, 7) is 3.45. The molecule has 0 amide bonds. The molecule has 1 unspecified atom stereocenters. The molecule has 1 aliphatic rings. The van der Waals surface area contributed by atoms with E-state index in [0.717, 1.165) is 31.6 Å². The second-order valence-corrected chi connectivity index (χ2v) is 5.07. The van der Waals surface area contributed by atoms with Crippen LogP contribution in [0.25, 0.3) is 0 Å². The fourth-order valence-electron chi connectivity index (χ4n) is 2.57. The monoisotopic (exact) mass is 265 g/mol. The highest BCUT2D eigenvalue weighted by Crippen LogP contribution is 2.31. The fourth-order valence-corrected chi connectivity index (χ4v) is 2.57. The quantitative estimate of drug-likeness (QED) is 0.493. The lowest BCUT2D eigenvalue weighted by molar-refractivity contribution is -0.384. The van der Waals surface area contributed by atoms with Crippen LogP contribution in [0.15, 0.2) is 18.2 Å². The van der Waals surface area contributed by atoms with Crippen molar-refractivity contribution in [3.05, 3.63) is 28.3 Å². The zero-order chi connectivity index (χ0) is 14.0. The van der Waals surface area contributed by atoms with Gasteiger partial charge in [0.15, 0.2) is 0 Å². The Balaban J connectivity index is 2.09. The van der Waals surface area contributed by atoms with Crippen molar-refractivity contribution in [3.8, 4) is 0 Å². The molecule has 1 aromatic carbocycles. The van der Waals surface area contributed by atoms with Crippen LogP contribution in [0.4, 0.5) is 17.1 Å². The van der Waals surface area contributed by atoms with Crippen molar-refractivity contribution in [2.75, 3.05) is 23.7 Å². The molecule has 1 fully saturated rings. The Morgan fingerprint density at radius 3 is 2.58 bits per heavy atom. The highest BCUT2D eigenvalue weighted by molar-refractivity contribution is 5.70. The number of piperidine rings is 1. The van der Waals surface area contributed by atoms with Crippen LogP contribution < -0.4 is 10.6 Å². The van der Waals surface area contributed by atoms with Crippen molar-refractivity contribution < 1.29 is 10.0 Å². The van der Waals surface area contributed by atoms with E-state index in [-0.39, 0.29) is 11.8 Å². The molecule has 6 nitrogen and oxygen atoms in total. The second-order valence-electron chi connectivity index (χ2n) is 5.07. The second kappa shape index (κ2) is 5.44. The summed E-state index contributed by atoms with van der Waals surface area (Å²) in [5.41, 5.74) is 7.18. The molecule has 1 aliphatic heterocycles. The van der Waals surface area contributed by atoms with E-state index < -0.39 is 4.92 Å². The fraction of sp³-hybridized carbons (Fsp3) is 0.538. The number of hydrogen-bond donors (Lipinski definition) is 2. The summed E-state index contributed by atoms with van der Waals surface area (Å²) in [6, 6.07) is 4.58. The van der Waals surface area contributed by atoms with Crippen LogP contribution >= 0.6 is 0 Å². The summed E-state index contributed by atoms with van der Waals surface area (Å²) in [6.07, 6.45) is 1.54. The van der Waals surface area contributed by atoms with Crippen LogP contribution in [0.5, 0.6) is 0 Å². The molecule has 0 spiro atoms. The predicted molar refractivity (Wildman–Crippen MR) is 74.1 cm³/mol. The number of rotatable bonds is 3. The summed E-state index contributed by atoms with van der Waals surface area (Å²) in [4.78, 5) is 12.3. The standard InChI is InChI=1S/C13H19N3O3/c1-9(17)10-4-6-15(7-5-10)13-3-2-11(16(18)19)8-12(13)14/h2-3,8-10,17H,4-7,14H2,1H3. The Hall–Kier alpha value is -1.82. The van der Waals surface area contributed by atoms with Crippen molar-refractivity contribution in [3.63, 3.8) is 0 Å². The summed E-state index contributed by atoms with van der Waals surface area (Å²) in [5, 5.41) is 20.2. The maximum absolute atomic E-state index is 10.7. The van der Waals surface area contributed by atoms with E-state index >= 15 is 0 Å². The number of anilines is 2. The average molecular weight is 265 g/mol. The normalized spacial score (nSPS) is 18.3. The van der Waals surface area contributed by atoms with Gasteiger partial charge in [0.2, 0.25) is 0 Å². The molecule has 1 aromatic rings. The highest BCUT2D eigenvalue weighted by atomic mass is 16.6. The van der Waals surface area contributed by atoms with Gasteiger partial charge >= 0.3 is 0 Å². The molecule has 1 saturated heterocycles. The van der Waals surface area contributed by atoms with Gasteiger partial charge < -0.3 is 15.7 Å². The Morgan fingerprint density at radius 1 is 1.47 bits per heavy atom. The number of aliphatic hydroxyl groups is 1. The Labute approximate surface area is 112 Å². The van der Waals surface area contributed by atoms with Gasteiger partial charge in [-0.1, -0.05) is 0 Å². The summed E-state index contributed by atoms with van der Waals surface area (Å²) in [7, 11) is 0. The lowest BCUT2D eigenvalue weighted by Gasteiger charge is -2.35. The van der Waals surface area contributed by atoms with Crippen molar-refractivity contribution >= 4 is 17.1 Å². The first-order chi connectivity index (χ1) is 8.99. The number of nitro benzene ring substituents is 1. The minimum absolute atomic E-state index is 0.0140. The minimum atomic E-state index is -0.445. The van der Waals surface area contributed by atoms with Gasteiger partial charge in [-0.25, -0.2) is 0 Å². The van der Waals surface area contributed by atoms with Gasteiger partial charge in [0.05, 0.1) is 22.4 Å². The van der Waals surface area contributed by atoms with E-state index in [1.807, 2.05) is 6.92 Å². The van der Waals surface area contributed by atoms with E-state index in [0.29, 0.717) is 11.6 Å². The summed E-state index contributed by atoms with van der Waals surface area (Å²) >= 11 is 0. The largest absolute Gasteiger partial charge is 0.397 e. The van der Waals surface area contributed by atoms with Gasteiger partial charge in [0.25, 0.3) is 5.69 Å². The number of nitrogen functional groups attached to an aromatic ring is 1. The zero-order valence-electron chi connectivity index (χ0n) is 11.0. The van der Waals surface area contributed by atoms with Crippen LogP contribution in [-0.4, -0.2) is 29.2 Å². The van der Waals surface area contributed by atoms with E-state index in [1.165, 1.54) is 12.1 Å². The third-order valence-corrected chi connectivity index (χ3v) is 3.78. The maximum atomic E-state index is 10.7. The molecule has 0 radical (unpaired) electrons. The number of aliphatic hydroxyl groups excluding tert-OH is 1. The van der Waals surface area contributed by atoms with Gasteiger partial charge in [0.1, 0.15) is 0 Å². The zero-order valence-corrected chi connectivity index (χ0v) is 11.0. The topological polar surface area (TPSA) is 92.6 Å². The van der Waals surface area contributed by atoms with Crippen molar-refractivity contribution in [2.45, 2.75) is 25.9 Å². The highest BCUT2D eigenvalue weighted by Gasteiger charge is 2.24.